The lowest BCUT2D eigenvalue weighted by Crippen LogP contribution is -2.23. The minimum Gasteiger partial charge on any atom is -0.480 e. The Morgan fingerprint density at radius 1 is 1.04 bits per heavy atom. The monoisotopic (exact) mass is 388 g/mol. The molecule has 0 fully saturated rings. The van der Waals surface area contributed by atoms with Gasteiger partial charge in [-0.15, -0.1) is 11.6 Å². The van der Waals surface area contributed by atoms with Crippen molar-refractivity contribution in [2.24, 2.45) is 5.92 Å². The third kappa shape index (κ3) is 6.94. The smallest absolute Gasteiger partial charge is 0.321 e. The number of rotatable bonds is 11. The van der Waals surface area contributed by atoms with Crippen molar-refractivity contribution in [3.63, 3.8) is 0 Å². The number of carboxylic acid groups (broad SMARTS) is 1. The van der Waals surface area contributed by atoms with E-state index in [1.165, 1.54) is 37.7 Å². The van der Waals surface area contributed by atoms with E-state index >= 15 is 0 Å². The molecule has 1 N–H and O–H groups in total. The molecular formula is C22H29ClN2O2. The second-order valence-corrected chi connectivity index (χ2v) is 7.67. The molecule has 2 unspecified atom stereocenters. The van der Waals surface area contributed by atoms with Gasteiger partial charge in [-0.3, -0.25) is 4.79 Å². The molecule has 2 aromatic rings. The average Bonchev–Trinajstić information content (AvgIpc) is 2.68. The Kier molecular flexibility index (Phi) is 8.73. The van der Waals surface area contributed by atoms with E-state index in [4.69, 9.17) is 16.7 Å². The highest BCUT2D eigenvalue weighted by Gasteiger charge is 2.21. The van der Waals surface area contributed by atoms with E-state index < -0.39 is 11.3 Å². The van der Waals surface area contributed by atoms with Crippen molar-refractivity contribution in [2.75, 3.05) is 0 Å². The number of aromatic nitrogens is 2. The molecule has 146 valence electrons. The fourth-order valence-electron chi connectivity index (χ4n) is 3.07. The molecule has 0 amide bonds. The number of benzene rings is 1. The Morgan fingerprint density at radius 2 is 1.67 bits per heavy atom. The Labute approximate surface area is 167 Å². The maximum atomic E-state index is 11.0. The molecule has 1 aromatic heterocycles. The summed E-state index contributed by atoms with van der Waals surface area (Å²) in [7, 11) is 0. The lowest BCUT2D eigenvalue weighted by atomic mass is 9.97. The fourth-order valence-corrected chi connectivity index (χ4v) is 3.16. The summed E-state index contributed by atoms with van der Waals surface area (Å²) in [5, 5.41) is 8.12. The van der Waals surface area contributed by atoms with Crippen molar-refractivity contribution < 1.29 is 9.90 Å². The molecule has 1 aromatic carbocycles. The zero-order valence-corrected chi connectivity index (χ0v) is 17.0. The number of nitrogens with zero attached hydrogens (tertiary/aromatic N) is 2. The van der Waals surface area contributed by atoms with Crippen LogP contribution >= 0.6 is 11.6 Å². The van der Waals surface area contributed by atoms with Gasteiger partial charge in [-0.1, -0.05) is 63.8 Å². The molecule has 0 aliphatic heterocycles. The zero-order chi connectivity index (χ0) is 19.6. The number of carbonyl (C=O) groups is 1. The molecule has 4 nitrogen and oxygen atoms in total. The van der Waals surface area contributed by atoms with E-state index in [1.807, 2.05) is 43.6 Å². The van der Waals surface area contributed by atoms with Crippen LogP contribution in [0.4, 0.5) is 0 Å². The summed E-state index contributed by atoms with van der Waals surface area (Å²) in [6.07, 6.45) is 11.8. The molecular weight excluding hydrogens is 360 g/mol. The Bertz CT molecular complexity index is 701. The van der Waals surface area contributed by atoms with Crippen LogP contribution in [0.15, 0.2) is 36.7 Å². The van der Waals surface area contributed by atoms with E-state index in [1.54, 1.807) is 0 Å². The van der Waals surface area contributed by atoms with Crippen molar-refractivity contribution in [1.29, 1.82) is 0 Å². The number of carboxylic acids is 1. The number of halogens is 1. The molecule has 5 heteroatoms. The SMILES string of the molecule is CCCCCCCc1cnc(-c2ccc(CC(C)C(Cl)C(=O)O)cc2)nc1. The largest absolute Gasteiger partial charge is 0.480 e. The molecule has 0 radical (unpaired) electrons. The molecule has 0 aliphatic rings. The van der Waals surface area contributed by atoms with Crippen LogP contribution in [0.3, 0.4) is 0 Å². The first kappa shape index (κ1) is 21.4. The predicted molar refractivity (Wildman–Crippen MR) is 110 cm³/mol. The quantitative estimate of drug-likeness (QED) is 0.406. The first-order valence-electron chi connectivity index (χ1n) is 9.78. The summed E-state index contributed by atoms with van der Waals surface area (Å²) < 4.78 is 0. The Balaban J connectivity index is 1.90. The van der Waals surface area contributed by atoms with Gasteiger partial charge in [0.2, 0.25) is 0 Å². The van der Waals surface area contributed by atoms with Crippen LogP contribution in [-0.4, -0.2) is 26.4 Å². The summed E-state index contributed by atoms with van der Waals surface area (Å²) in [6.45, 7) is 4.08. The van der Waals surface area contributed by atoms with Gasteiger partial charge < -0.3 is 5.11 Å². The molecule has 0 spiro atoms. The molecule has 2 rings (SSSR count). The number of aryl methyl sites for hydroxylation is 1. The van der Waals surface area contributed by atoms with Crippen LogP contribution in [0.25, 0.3) is 11.4 Å². The second-order valence-electron chi connectivity index (χ2n) is 7.20. The van der Waals surface area contributed by atoms with Crippen molar-refractivity contribution in [1.82, 2.24) is 9.97 Å². The van der Waals surface area contributed by atoms with Gasteiger partial charge in [0.05, 0.1) is 0 Å². The van der Waals surface area contributed by atoms with E-state index in [0.717, 1.165) is 17.5 Å². The standard InChI is InChI=1S/C22H29ClN2O2/c1-3-4-5-6-7-8-18-14-24-21(25-15-18)19-11-9-17(10-12-19)13-16(2)20(23)22(26)27/h9-12,14-16,20H,3-8,13H2,1-2H3,(H,26,27). The molecule has 0 bridgehead atoms. The maximum Gasteiger partial charge on any atom is 0.321 e. The number of hydrogen-bond donors (Lipinski definition) is 1. The van der Waals surface area contributed by atoms with Crippen LogP contribution in [0.5, 0.6) is 0 Å². The number of hydrogen-bond acceptors (Lipinski definition) is 3. The average molecular weight is 389 g/mol. The first-order valence-corrected chi connectivity index (χ1v) is 10.2. The highest BCUT2D eigenvalue weighted by Crippen LogP contribution is 2.20. The number of alkyl halides is 1. The number of aliphatic carboxylic acids is 1. The van der Waals surface area contributed by atoms with Gasteiger partial charge in [0, 0.05) is 18.0 Å². The molecule has 27 heavy (non-hydrogen) atoms. The Morgan fingerprint density at radius 3 is 2.26 bits per heavy atom. The van der Waals surface area contributed by atoms with Crippen LogP contribution in [-0.2, 0) is 17.6 Å². The highest BCUT2D eigenvalue weighted by atomic mass is 35.5. The van der Waals surface area contributed by atoms with Crippen molar-refractivity contribution in [3.8, 4) is 11.4 Å². The minimum absolute atomic E-state index is 0.136. The van der Waals surface area contributed by atoms with Crippen molar-refractivity contribution in [2.45, 2.75) is 64.2 Å². The lowest BCUT2D eigenvalue weighted by molar-refractivity contribution is -0.137. The van der Waals surface area contributed by atoms with Crippen LogP contribution in [0, 0.1) is 5.92 Å². The van der Waals surface area contributed by atoms with E-state index in [9.17, 15) is 4.79 Å². The predicted octanol–water partition coefficient (Wildman–Crippen LogP) is 5.53. The minimum atomic E-state index is -0.973. The molecule has 2 atom stereocenters. The highest BCUT2D eigenvalue weighted by molar-refractivity contribution is 6.29. The van der Waals surface area contributed by atoms with E-state index in [2.05, 4.69) is 16.9 Å². The lowest BCUT2D eigenvalue weighted by Gasteiger charge is -2.14. The van der Waals surface area contributed by atoms with Crippen LogP contribution < -0.4 is 0 Å². The van der Waals surface area contributed by atoms with Gasteiger partial charge in [0.25, 0.3) is 0 Å². The van der Waals surface area contributed by atoms with Gasteiger partial charge in [0.1, 0.15) is 5.38 Å². The topological polar surface area (TPSA) is 63.1 Å². The van der Waals surface area contributed by atoms with Gasteiger partial charge in [-0.05, 0) is 36.3 Å². The second kappa shape index (κ2) is 11.0. The van der Waals surface area contributed by atoms with E-state index in [-0.39, 0.29) is 5.92 Å². The van der Waals surface area contributed by atoms with Crippen LogP contribution in [0.1, 0.15) is 57.1 Å². The summed E-state index contributed by atoms with van der Waals surface area (Å²) in [6, 6.07) is 7.93. The van der Waals surface area contributed by atoms with Crippen LogP contribution in [0.2, 0.25) is 0 Å². The summed E-state index contributed by atoms with van der Waals surface area (Å²) >= 11 is 5.90. The first-order chi connectivity index (χ1) is 13.0. The van der Waals surface area contributed by atoms with Crippen molar-refractivity contribution in [3.05, 3.63) is 47.8 Å². The summed E-state index contributed by atoms with van der Waals surface area (Å²) in [4.78, 5) is 20.0. The normalized spacial score (nSPS) is 13.3. The summed E-state index contributed by atoms with van der Waals surface area (Å²) in [5.74, 6) is -0.396. The third-order valence-electron chi connectivity index (χ3n) is 4.78. The van der Waals surface area contributed by atoms with Gasteiger partial charge >= 0.3 is 5.97 Å². The molecule has 1 heterocycles. The Hall–Kier alpha value is -1.94. The van der Waals surface area contributed by atoms with Gasteiger partial charge in [-0.25, -0.2) is 9.97 Å². The molecule has 0 saturated heterocycles. The van der Waals surface area contributed by atoms with Crippen molar-refractivity contribution >= 4 is 17.6 Å². The molecule has 0 aliphatic carbocycles. The van der Waals surface area contributed by atoms with Gasteiger partial charge in [0.15, 0.2) is 5.82 Å². The maximum absolute atomic E-state index is 11.0. The third-order valence-corrected chi connectivity index (χ3v) is 5.40. The van der Waals surface area contributed by atoms with E-state index in [0.29, 0.717) is 12.2 Å². The molecule has 0 saturated carbocycles. The zero-order valence-electron chi connectivity index (χ0n) is 16.2. The van der Waals surface area contributed by atoms with Gasteiger partial charge in [-0.2, -0.15) is 0 Å². The summed E-state index contributed by atoms with van der Waals surface area (Å²) in [5.41, 5.74) is 3.20. The number of unbranched alkanes of at least 4 members (excludes halogenated alkanes) is 4. The fraction of sp³-hybridized carbons (Fsp3) is 0.500.